The molecule has 1 saturated carbocycles. The van der Waals surface area contributed by atoms with Crippen LogP contribution in [0.15, 0.2) is 78.9 Å². The normalized spacial score (nSPS) is 16.4. The Morgan fingerprint density at radius 2 is 1.03 bits per heavy atom. The van der Waals surface area contributed by atoms with Crippen LogP contribution in [-0.2, 0) is 35.1 Å². The highest BCUT2D eigenvalue weighted by molar-refractivity contribution is 5.92. The van der Waals surface area contributed by atoms with Gasteiger partial charge in [0.25, 0.3) is 0 Å². The van der Waals surface area contributed by atoms with E-state index in [1.54, 1.807) is 66.7 Å². The minimum atomic E-state index is -0.591. The van der Waals surface area contributed by atoms with Crippen LogP contribution in [0.3, 0.4) is 0 Å². The third kappa shape index (κ3) is 16.9. The Labute approximate surface area is 361 Å². The summed E-state index contributed by atoms with van der Waals surface area (Å²) in [5, 5.41) is 0. The summed E-state index contributed by atoms with van der Waals surface area (Å²) >= 11 is 0. The second-order valence-electron chi connectivity index (χ2n) is 15.2. The highest BCUT2D eigenvalue weighted by Gasteiger charge is 2.40. The second-order valence-corrected chi connectivity index (χ2v) is 15.2. The van der Waals surface area contributed by atoms with Crippen molar-refractivity contribution in [3.63, 3.8) is 0 Å². The molecule has 0 aromatic heterocycles. The maximum Gasteiger partial charge on any atom is 0.343 e. The molecule has 61 heavy (non-hydrogen) atoms. The first-order chi connectivity index (χ1) is 29.9. The van der Waals surface area contributed by atoms with Crippen molar-refractivity contribution in [2.75, 3.05) is 66.1 Å². The summed E-state index contributed by atoms with van der Waals surface area (Å²) in [6, 6.07) is 18.2. The number of unbranched alkanes of at least 4 members (excludes halogenated alkanes) is 6. The number of carbonyl (C=O) groups is 3. The minimum absolute atomic E-state index is 0.160. The van der Waals surface area contributed by atoms with E-state index in [9.17, 15) is 14.4 Å². The van der Waals surface area contributed by atoms with Crippen molar-refractivity contribution in [1.29, 1.82) is 0 Å². The minimum Gasteiger partial charge on any atom is -0.494 e. The molecule has 0 aliphatic heterocycles. The highest BCUT2D eigenvalue weighted by atomic mass is 16.6. The molecule has 2 aliphatic carbocycles. The lowest BCUT2D eigenvalue weighted by Gasteiger charge is -2.18. The van der Waals surface area contributed by atoms with Gasteiger partial charge in [0.15, 0.2) is 0 Å². The average Bonchev–Trinajstić information content (AvgIpc) is 3.92. The standard InChI is InChI=1S/C49H64O12/c1-3-53-29-31-55-25-9-5-7-11-27-57-42-19-15-38(16-20-42)47(50)60-44-23-24-46(41(35-44)36-59-49(52)45-34-37-13-14-40(45)33-37)61-48(51)39-17-21-43(22-18-39)58-28-12-8-6-10-26-56-32-30-54-4-2/h13-24,35,37,40,45H,3-12,25-34,36H2,1-2H3. The van der Waals surface area contributed by atoms with Crippen LogP contribution in [0.1, 0.15) is 104 Å². The largest absolute Gasteiger partial charge is 0.494 e. The Morgan fingerprint density at radius 1 is 0.525 bits per heavy atom. The zero-order chi connectivity index (χ0) is 42.9. The molecular weight excluding hydrogens is 781 g/mol. The summed E-state index contributed by atoms with van der Waals surface area (Å²) in [5.41, 5.74) is 1.05. The molecule has 3 unspecified atom stereocenters. The van der Waals surface area contributed by atoms with Crippen molar-refractivity contribution < 1.29 is 57.0 Å². The number of hydrogen-bond donors (Lipinski definition) is 0. The Kier molecular flexibility index (Phi) is 21.1. The molecule has 2 bridgehead atoms. The molecule has 0 N–H and O–H groups in total. The van der Waals surface area contributed by atoms with Crippen molar-refractivity contribution in [2.45, 2.75) is 84.7 Å². The van der Waals surface area contributed by atoms with Crippen molar-refractivity contribution in [3.8, 4) is 23.0 Å². The number of esters is 3. The summed E-state index contributed by atoms with van der Waals surface area (Å²) in [6.07, 6.45) is 14.0. The monoisotopic (exact) mass is 844 g/mol. The maximum atomic E-state index is 13.3. The van der Waals surface area contributed by atoms with E-state index in [2.05, 4.69) is 12.2 Å². The summed E-state index contributed by atoms with van der Waals surface area (Å²) in [6.45, 7) is 10.3. The first-order valence-corrected chi connectivity index (χ1v) is 22.1. The molecule has 2 aliphatic rings. The van der Waals surface area contributed by atoms with Gasteiger partial charge in [0, 0.05) is 32.0 Å². The van der Waals surface area contributed by atoms with Crippen LogP contribution in [0.25, 0.3) is 0 Å². The van der Waals surface area contributed by atoms with E-state index in [1.165, 1.54) is 0 Å². The fourth-order valence-electron chi connectivity index (χ4n) is 7.27. The summed E-state index contributed by atoms with van der Waals surface area (Å²) in [7, 11) is 0. The molecular formula is C49H64O12. The molecule has 1 fully saturated rings. The number of allylic oxidation sites excluding steroid dienone is 2. The van der Waals surface area contributed by atoms with Crippen molar-refractivity contribution in [3.05, 3.63) is 95.6 Å². The van der Waals surface area contributed by atoms with E-state index in [0.717, 1.165) is 77.4 Å². The van der Waals surface area contributed by atoms with E-state index < -0.39 is 11.9 Å². The first kappa shape index (κ1) is 47.3. The van der Waals surface area contributed by atoms with Gasteiger partial charge < -0.3 is 42.6 Å². The quantitative estimate of drug-likeness (QED) is 0.0264. The Hall–Kier alpha value is -4.75. The van der Waals surface area contributed by atoms with Crippen LogP contribution in [0.5, 0.6) is 23.0 Å². The first-order valence-electron chi connectivity index (χ1n) is 22.1. The zero-order valence-electron chi connectivity index (χ0n) is 36.0. The van der Waals surface area contributed by atoms with Gasteiger partial charge in [0.2, 0.25) is 0 Å². The van der Waals surface area contributed by atoms with E-state index in [-0.39, 0.29) is 35.9 Å². The predicted molar refractivity (Wildman–Crippen MR) is 230 cm³/mol. The fraction of sp³-hybridized carbons (Fsp3) is 0.531. The predicted octanol–water partition coefficient (Wildman–Crippen LogP) is 9.37. The summed E-state index contributed by atoms with van der Waals surface area (Å²) in [4.78, 5) is 39.7. The molecule has 0 radical (unpaired) electrons. The summed E-state index contributed by atoms with van der Waals surface area (Å²) in [5.74, 6) is 0.652. The van der Waals surface area contributed by atoms with Gasteiger partial charge in [-0.1, -0.05) is 25.0 Å². The van der Waals surface area contributed by atoms with Crippen LogP contribution in [0.4, 0.5) is 0 Å². The molecule has 3 aromatic carbocycles. The topological polar surface area (TPSA) is 134 Å². The van der Waals surface area contributed by atoms with E-state index in [4.69, 9.17) is 42.6 Å². The number of fused-ring (bicyclic) bond motifs is 2. The van der Waals surface area contributed by atoms with Crippen LogP contribution in [0, 0.1) is 17.8 Å². The van der Waals surface area contributed by atoms with Gasteiger partial charge in [0.05, 0.1) is 56.7 Å². The number of rotatable bonds is 31. The molecule has 12 heteroatoms. The maximum absolute atomic E-state index is 13.3. The van der Waals surface area contributed by atoms with Gasteiger partial charge in [-0.05, 0) is 144 Å². The molecule has 0 amide bonds. The third-order valence-electron chi connectivity index (χ3n) is 10.6. The van der Waals surface area contributed by atoms with Gasteiger partial charge in [0.1, 0.15) is 29.6 Å². The molecule has 5 rings (SSSR count). The molecule has 0 heterocycles. The fourth-order valence-corrected chi connectivity index (χ4v) is 7.27. The molecule has 3 aromatic rings. The van der Waals surface area contributed by atoms with Crippen LogP contribution < -0.4 is 18.9 Å². The van der Waals surface area contributed by atoms with Gasteiger partial charge >= 0.3 is 17.9 Å². The SMILES string of the molecule is CCOCCOCCCCCCOc1ccc(C(=O)Oc2ccc(OC(=O)c3ccc(OCCCCCCOCCOCC)cc3)c(COC(=O)C3CC4C=CC3C4)c2)cc1. The molecule has 0 spiro atoms. The Balaban J connectivity index is 1.09. The lowest BCUT2D eigenvalue weighted by atomic mass is 9.94. The van der Waals surface area contributed by atoms with Gasteiger partial charge in [-0.15, -0.1) is 0 Å². The Bertz CT molecular complexity index is 1770. The zero-order valence-corrected chi connectivity index (χ0v) is 36.0. The third-order valence-corrected chi connectivity index (χ3v) is 10.6. The Morgan fingerprint density at radius 3 is 1.54 bits per heavy atom. The van der Waals surface area contributed by atoms with Gasteiger partial charge in [-0.25, -0.2) is 9.59 Å². The second kappa shape index (κ2) is 27.2. The number of hydrogen-bond acceptors (Lipinski definition) is 12. The van der Waals surface area contributed by atoms with Crippen molar-refractivity contribution in [1.82, 2.24) is 0 Å². The average molecular weight is 845 g/mol. The highest BCUT2D eigenvalue weighted by Crippen LogP contribution is 2.44. The number of ether oxygens (including phenoxy) is 9. The number of carbonyl (C=O) groups excluding carboxylic acids is 3. The van der Waals surface area contributed by atoms with Gasteiger partial charge in [-0.3, -0.25) is 4.79 Å². The van der Waals surface area contributed by atoms with Crippen LogP contribution >= 0.6 is 0 Å². The van der Waals surface area contributed by atoms with Crippen LogP contribution in [0.2, 0.25) is 0 Å². The van der Waals surface area contributed by atoms with Crippen LogP contribution in [-0.4, -0.2) is 84.0 Å². The van der Waals surface area contributed by atoms with Crippen molar-refractivity contribution in [2.24, 2.45) is 17.8 Å². The molecule has 0 saturated heterocycles. The summed E-state index contributed by atoms with van der Waals surface area (Å²) < 4.78 is 50.7. The lowest BCUT2D eigenvalue weighted by Crippen LogP contribution is -2.21. The molecule has 332 valence electrons. The molecule has 3 atom stereocenters. The van der Waals surface area contributed by atoms with E-state index in [0.29, 0.717) is 87.0 Å². The lowest BCUT2D eigenvalue weighted by molar-refractivity contribution is -0.150. The van der Waals surface area contributed by atoms with E-state index >= 15 is 0 Å². The number of benzene rings is 3. The van der Waals surface area contributed by atoms with E-state index in [1.807, 2.05) is 13.8 Å². The smallest absolute Gasteiger partial charge is 0.343 e. The van der Waals surface area contributed by atoms with Crippen molar-refractivity contribution >= 4 is 17.9 Å². The molecule has 12 nitrogen and oxygen atoms in total. The van der Waals surface area contributed by atoms with Gasteiger partial charge in [-0.2, -0.15) is 0 Å².